The Morgan fingerprint density at radius 3 is 2.20 bits per heavy atom. The molecule has 0 rings (SSSR count). The lowest BCUT2D eigenvalue weighted by atomic mass is 10.3. The van der Waals surface area contributed by atoms with Gasteiger partial charge in [-0.1, -0.05) is 6.08 Å². The summed E-state index contributed by atoms with van der Waals surface area (Å²) in [6.07, 6.45) is -0.763. The van der Waals surface area contributed by atoms with Gasteiger partial charge in [-0.3, -0.25) is 4.90 Å². The summed E-state index contributed by atoms with van der Waals surface area (Å²) in [6.45, 7) is 7.23. The van der Waals surface area contributed by atoms with E-state index in [0.717, 1.165) is 0 Å². The van der Waals surface area contributed by atoms with Crippen LogP contribution in [0.2, 0.25) is 0 Å². The Labute approximate surface area is 90.6 Å². The van der Waals surface area contributed by atoms with E-state index in [2.05, 4.69) is 6.58 Å². The summed E-state index contributed by atoms with van der Waals surface area (Å²) in [4.78, 5) is 1.36. The zero-order valence-corrected chi connectivity index (χ0v) is 9.33. The van der Waals surface area contributed by atoms with Crippen molar-refractivity contribution in [2.24, 2.45) is 0 Å². The number of aliphatic hydroxyl groups excluding tert-OH is 3. The molecular formula is C10H21NO4. The highest BCUT2D eigenvalue weighted by molar-refractivity contribution is 4.68. The highest BCUT2D eigenvalue weighted by atomic mass is 16.5. The molecule has 3 N–H and O–H groups in total. The molecule has 0 bridgehead atoms. The maximum absolute atomic E-state index is 9.52. The summed E-state index contributed by atoms with van der Waals surface area (Å²) in [5, 5.41) is 28.1. The third-order valence-corrected chi connectivity index (χ3v) is 1.93. The third-order valence-electron chi connectivity index (χ3n) is 1.93. The van der Waals surface area contributed by atoms with Gasteiger partial charge < -0.3 is 20.1 Å². The van der Waals surface area contributed by atoms with Crippen molar-refractivity contribution >= 4 is 0 Å². The van der Waals surface area contributed by atoms with Crippen LogP contribution in [-0.2, 0) is 4.74 Å². The first-order chi connectivity index (χ1) is 6.99. The fourth-order valence-corrected chi connectivity index (χ4v) is 1.20. The second-order valence-corrected chi connectivity index (χ2v) is 3.44. The second-order valence-electron chi connectivity index (χ2n) is 3.44. The van der Waals surface area contributed by atoms with E-state index in [0.29, 0.717) is 6.61 Å². The van der Waals surface area contributed by atoms with Crippen LogP contribution in [0.15, 0.2) is 12.7 Å². The average Bonchev–Trinajstić information content (AvgIpc) is 2.13. The first-order valence-corrected chi connectivity index (χ1v) is 4.97. The SMILES string of the molecule is C=CCOCC(O)CN(C(C)O)C(C)O. The zero-order chi connectivity index (χ0) is 11.8. The molecule has 0 aliphatic carbocycles. The van der Waals surface area contributed by atoms with Gasteiger partial charge in [0.1, 0.15) is 12.5 Å². The smallest absolute Gasteiger partial charge is 0.106 e. The topological polar surface area (TPSA) is 73.2 Å². The molecule has 0 saturated heterocycles. The van der Waals surface area contributed by atoms with Crippen LogP contribution < -0.4 is 0 Å². The van der Waals surface area contributed by atoms with E-state index in [-0.39, 0.29) is 13.2 Å². The van der Waals surface area contributed by atoms with Gasteiger partial charge in [0.15, 0.2) is 0 Å². The predicted molar refractivity (Wildman–Crippen MR) is 57.1 cm³/mol. The molecule has 90 valence electrons. The molecule has 0 fully saturated rings. The Hall–Kier alpha value is -0.460. The number of nitrogens with zero attached hydrogens (tertiary/aromatic N) is 1. The van der Waals surface area contributed by atoms with Gasteiger partial charge in [-0.2, -0.15) is 0 Å². The molecule has 0 aromatic heterocycles. The van der Waals surface area contributed by atoms with Crippen LogP contribution in [0.3, 0.4) is 0 Å². The van der Waals surface area contributed by atoms with E-state index >= 15 is 0 Å². The van der Waals surface area contributed by atoms with E-state index in [1.54, 1.807) is 6.08 Å². The molecule has 0 aliphatic heterocycles. The number of hydrogen-bond acceptors (Lipinski definition) is 5. The number of hydrogen-bond donors (Lipinski definition) is 3. The molecule has 3 atom stereocenters. The van der Waals surface area contributed by atoms with Crippen molar-refractivity contribution in [3.63, 3.8) is 0 Å². The minimum atomic E-state index is -0.806. The van der Waals surface area contributed by atoms with Gasteiger partial charge in [0, 0.05) is 6.54 Å². The lowest BCUT2D eigenvalue weighted by molar-refractivity contribution is -0.107. The van der Waals surface area contributed by atoms with Crippen LogP contribution in [-0.4, -0.2) is 58.5 Å². The zero-order valence-electron chi connectivity index (χ0n) is 9.33. The van der Waals surface area contributed by atoms with Crippen molar-refractivity contribution in [1.29, 1.82) is 0 Å². The first-order valence-electron chi connectivity index (χ1n) is 4.97. The van der Waals surface area contributed by atoms with Crippen LogP contribution in [0, 0.1) is 0 Å². The molecule has 0 heterocycles. The molecule has 0 amide bonds. The van der Waals surface area contributed by atoms with Crippen molar-refractivity contribution < 1.29 is 20.1 Å². The molecular weight excluding hydrogens is 198 g/mol. The molecule has 5 heteroatoms. The van der Waals surface area contributed by atoms with Crippen LogP contribution in [0.25, 0.3) is 0 Å². The predicted octanol–water partition coefficient (Wildman–Crippen LogP) is -0.471. The van der Waals surface area contributed by atoms with Gasteiger partial charge in [-0.25, -0.2) is 0 Å². The molecule has 5 nitrogen and oxygen atoms in total. The lowest BCUT2D eigenvalue weighted by Gasteiger charge is -2.29. The molecule has 0 spiro atoms. The minimum Gasteiger partial charge on any atom is -0.389 e. The van der Waals surface area contributed by atoms with Gasteiger partial charge in [0.05, 0.1) is 19.3 Å². The molecule has 15 heavy (non-hydrogen) atoms. The third kappa shape index (κ3) is 6.59. The minimum absolute atomic E-state index is 0.155. The quantitative estimate of drug-likeness (QED) is 0.292. The van der Waals surface area contributed by atoms with E-state index in [4.69, 9.17) is 4.74 Å². The number of ether oxygens (including phenoxy) is 1. The van der Waals surface area contributed by atoms with Gasteiger partial charge >= 0.3 is 0 Å². The Kier molecular flexibility index (Phi) is 7.54. The van der Waals surface area contributed by atoms with Crippen LogP contribution >= 0.6 is 0 Å². The van der Waals surface area contributed by atoms with Crippen LogP contribution in [0.5, 0.6) is 0 Å². The summed E-state index contributed by atoms with van der Waals surface area (Å²) >= 11 is 0. The van der Waals surface area contributed by atoms with Crippen molar-refractivity contribution in [2.45, 2.75) is 32.4 Å². The number of aliphatic hydroxyl groups is 3. The molecule has 3 unspecified atom stereocenters. The van der Waals surface area contributed by atoms with Crippen molar-refractivity contribution in [3.8, 4) is 0 Å². The summed E-state index contributed by atoms with van der Waals surface area (Å²) < 4.78 is 5.05. The molecule has 0 aromatic carbocycles. The van der Waals surface area contributed by atoms with Crippen molar-refractivity contribution in [1.82, 2.24) is 4.90 Å². The van der Waals surface area contributed by atoms with Gasteiger partial charge in [-0.15, -0.1) is 6.58 Å². The summed E-state index contributed by atoms with van der Waals surface area (Å²) in [7, 11) is 0. The van der Waals surface area contributed by atoms with E-state index in [9.17, 15) is 15.3 Å². The Balaban J connectivity index is 3.89. The van der Waals surface area contributed by atoms with E-state index in [1.807, 2.05) is 0 Å². The summed E-state index contributed by atoms with van der Waals surface area (Å²) in [6, 6.07) is 0. The maximum atomic E-state index is 9.52. The molecule has 0 aromatic rings. The normalized spacial score (nSPS) is 17.5. The highest BCUT2D eigenvalue weighted by Gasteiger charge is 2.19. The second kappa shape index (κ2) is 7.78. The van der Waals surface area contributed by atoms with Gasteiger partial charge in [0.25, 0.3) is 0 Å². The Bertz CT molecular complexity index is 165. The van der Waals surface area contributed by atoms with Crippen LogP contribution in [0.4, 0.5) is 0 Å². The maximum Gasteiger partial charge on any atom is 0.106 e. The van der Waals surface area contributed by atoms with Crippen LogP contribution in [0.1, 0.15) is 13.8 Å². The average molecular weight is 219 g/mol. The first kappa shape index (κ1) is 14.5. The van der Waals surface area contributed by atoms with Gasteiger partial charge in [0.2, 0.25) is 0 Å². The fourth-order valence-electron chi connectivity index (χ4n) is 1.20. The fraction of sp³-hybridized carbons (Fsp3) is 0.800. The Morgan fingerprint density at radius 2 is 1.80 bits per heavy atom. The number of rotatable bonds is 8. The lowest BCUT2D eigenvalue weighted by Crippen LogP contribution is -2.45. The van der Waals surface area contributed by atoms with Gasteiger partial charge in [-0.05, 0) is 13.8 Å². The van der Waals surface area contributed by atoms with E-state index < -0.39 is 18.6 Å². The summed E-state index contributed by atoms with van der Waals surface area (Å²) in [5.41, 5.74) is 0. The summed E-state index contributed by atoms with van der Waals surface area (Å²) in [5.74, 6) is 0. The molecule has 0 saturated carbocycles. The monoisotopic (exact) mass is 219 g/mol. The molecule has 0 radical (unpaired) electrons. The van der Waals surface area contributed by atoms with E-state index in [1.165, 1.54) is 18.7 Å². The Morgan fingerprint density at radius 1 is 1.27 bits per heavy atom. The highest BCUT2D eigenvalue weighted by Crippen LogP contribution is 2.03. The van der Waals surface area contributed by atoms with Crippen molar-refractivity contribution in [2.75, 3.05) is 19.8 Å². The largest absolute Gasteiger partial charge is 0.389 e. The standard InChI is InChI=1S/C10H21NO4/c1-4-5-15-7-10(14)6-11(8(2)12)9(3)13/h4,8-10,12-14H,1,5-7H2,2-3H3. The van der Waals surface area contributed by atoms with Crippen molar-refractivity contribution in [3.05, 3.63) is 12.7 Å². The molecule has 0 aliphatic rings.